The summed E-state index contributed by atoms with van der Waals surface area (Å²) in [7, 11) is 0. The van der Waals surface area contributed by atoms with E-state index < -0.39 is 16.8 Å². The second-order valence-corrected chi connectivity index (χ2v) is 17.8. The molecular formula is C36H60O6. The van der Waals surface area contributed by atoms with Crippen LogP contribution in [-0.4, -0.2) is 41.7 Å². The lowest BCUT2D eigenvalue weighted by atomic mass is 9.32. The van der Waals surface area contributed by atoms with Crippen LogP contribution in [0.5, 0.6) is 0 Å². The van der Waals surface area contributed by atoms with Gasteiger partial charge in [0.05, 0.1) is 16.9 Å². The molecule has 0 radical (unpaired) electrons. The number of carbonyl (C=O) groups is 2. The molecule has 0 aliphatic heterocycles. The lowest BCUT2D eigenvalue weighted by Gasteiger charge is -2.73. The van der Waals surface area contributed by atoms with Gasteiger partial charge in [0.25, 0.3) is 0 Å². The molecule has 5 saturated carbocycles. The van der Waals surface area contributed by atoms with Crippen molar-refractivity contribution in [1.29, 1.82) is 0 Å². The van der Waals surface area contributed by atoms with Gasteiger partial charge in [-0.25, -0.2) is 0 Å². The average molecular weight is 589 g/mol. The summed E-state index contributed by atoms with van der Waals surface area (Å²) in [5, 5.41) is 20.8. The molecule has 42 heavy (non-hydrogen) atoms. The molecule has 0 aromatic carbocycles. The largest absolute Gasteiger partial charge is 0.481 e. The van der Waals surface area contributed by atoms with E-state index in [1.54, 1.807) is 0 Å². The topological polar surface area (TPSA) is 93.1 Å². The number of aliphatic hydroxyl groups excluding tert-OH is 1. The van der Waals surface area contributed by atoms with Gasteiger partial charge in [-0.15, -0.1) is 0 Å². The SMILES string of the molecule is CC(CO)[C@@H]1CC[C@]2(C(=O)O)CC[C@]3(C)C(CCC4[C@@]5(C)CC[C@H](OCOC(=O)C(C)(C)C)C(C)(C)C5CC[C@]43C)C12. The fourth-order valence-electron chi connectivity index (χ4n) is 12.4. The maximum Gasteiger partial charge on any atom is 0.313 e. The lowest BCUT2D eigenvalue weighted by molar-refractivity contribution is -0.258. The Labute approximate surface area is 255 Å². The minimum absolute atomic E-state index is 0.0225. The van der Waals surface area contributed by atoms with Crippen LogP contribution in [0, 0.1) is 68.0 Å². The molecule has 0 saturated heterocycles. The van der Waals surface area contributed by atoms with Crippen LogP contribution >= 0.6 is 0 Å². The highest BCUT2D eigenvalue weighted by Gasteiger charge is 2.72. The third kappa shape index (κ3) is 4.45. The first-order chi connectivity index (χ1) is 19.4. The highest BCUT2D eigenvalue weighted by atomic mass is 16.7. The van der Waals surface area contributed by atoms with Gasteiger partial charge < -0.3 is 19.7 Å². The third-order valence-electron chi connectivity index (χ3n) is 14.9. The highest BCUT2D eigenvalue weighted by Crippen LogP contribution is 2.77. The summed E-state index contributed by atoms with van der Waals surface area (Å²) in [6.45, 7) is 20.4. The number of rotatable bonds is 6. The number of carboxylic acid groups (broad SMARTS) is 1. The van der Waals surface area contributed by atoms with Gasteiger partial charge in [-0.05, 0) is 142 Å². The fourth-order valence-corrected chi connectivity index (χ4v) is 12.4. The summed E-state index contributed by atoms with van der Waals surface area (Å²) in [6, 6.07) is 0. The van der Waals surface area contributed by atoms with Gasteiger partial charge in [-0.1, -0.05) is 41.5 Å². The Morgan fingerprint density at radius 3 is 2.17 bits per heavy atom. The Bertz CT molecular complexity index is 1060. The van der Waals surface area contributed by atoms with Gasteiger partial charge in [-0.3, -0.25) is 9.59 Å². The van der Waals surface area contributed by atoms with E-state index in [1.807, 2.05) is 20.8 Å². The van der Waals surface area contributed by atoms with Gasteiger partial charge in [-0.2, -0.15) is 0 Å². The molecule has 5 fully saturated rings. The lowest BCUT2D eigenvalue weighted by Crippen LogP contribution is -2.67. The maximum absolute atomic E-state index is 13.0. The molecule has 5 aliphatic carbocycles. The molecule has 0 bridgehead atoms. The molecule has 0 spiro atoms. The summed E-state index contributed by atoms with van der Waals surface area (Å²) in [4.78, 5) is 25.3. The molecule has 0 heterocycles. The van der Waals surface area contributed by atoms with E-state index in [2.05, 4.69) is 41.5 Å². The number of ether oxygens (including phenoxy) is 2. The van der Waals surface area contributed by atoms with Crippen LogP contribution in [0.4, 0.5) is 0 Å². The Balaban J connectivity index is 1.40. The van der Waals surface area contributed by atoms with Crippen LogP contribution in [0.25, 0.3) is 0 Å². The normalized spacial score (nSPS) is 46.9. The minimum Gasteiger partial charge on any atom is -0.481 e. The molecule has 0 aromatic heterocycles. The third-order valence-corrected chi connectivity index (χ3v) is 14.9. The Morgan fingerprint density at radius 1 is 0.857 bits per heavy atom. The highest BCUT2D eigenvalue weighted by molar-refractivity contribution is 5.76. The van der Waals surface area contributed by atoms with E-state index in [0.29, 0.717) is 23.7 Å². The number of hydrogen-bond acceptors (Lipinski definition) is 5. The second-order valence-electron chi connectivity index (χ2n) is 17.8. The summed E-state index contributed by atoms with van der Waals surface area (Å²) < 4.78 is 11.8. The van der Waals surface area contributed by atoms with Crippen molar-refractivity contribution in [1.82, 2.24) is 0 Å². The zero-order valence-corrected chi connectivity index (χ0v) is 28.1. The van der Waals surface area contributed by atoms with E-state index in [0.717, 1.165) is 51.4 Å². The molecule has 0 aromatic rings. The Morgan fingerprint density at radius 2 is 1.55 bits per heavy atom. The van der Waals surface area contributed by atoms with Crippen molar-refractivity contribution in [2.24, 2.45) is 68.0 Å². The van der Waals surface area contributed by atoms with Gasteiger partial charge in [0.1, 0.15) is 0 Å². The molecule has 2 N–H and O–H groups in total. The first kappa shape index (κ1) is 32.3. The van der Waals surface area contributed by atoms with Crippen LogP contribution < -0.4 is 0 Å². The summed E-state index contributed by atoms with van der Waals surface area (Å²) in [6.07, 6.45) is 10.3. The number of hydrogen-bond donors (Lipinski definition) is 2. The van der Waals surface area contributed by atoms with Gasteiger partial charge in [0.15, 0.2) is 6.79 Å². The van der Waals surface area contributed by atoms with Crippen LogP contribution in [0.1, 0.15) is 127 Å². The predicted molar refractivity (Wildman–Crippen MR) is 163 cm³/mol. The molecular weight excluding hydrogens is 528 g/mol. The number of carboxylic acids is 1. The van der Waals surface area contributed by atoms with E-state index in [4.69, 9.17) is 9.47 Å². The van der Waals surface area contributed by atoms with Crippen molar-refractivity contribution < 1.29 is 29.3 Å². The van der Waals surface area contributed by atoms with Crippen LogP contribution in [0.3, 0.4) is 0 Å². The van der Waals surface area contributed by atoms with Crippen molar-refractivity contribution in [2.75, 3.05) is 13.4 Å². The van der Waals surface area contributed by atoms with Crippen molar-refractivity contribution in [3.63, 3.8) is 0 Å². The first-order valence-corrected chi connectivity index (χ1v) is 17.0. The molecule has 6 nitrogen and oxygen atoms in total. The summed E-state index contributed by atoms with van der Waals surface area (Å²) in [5.41, 5.74) is -0.724. The maximum atomic E-state index is 13.0. The van der Waals surface area contributed by atoms with Crippen LogP contribution in [-0.2, 0) is 19.1 Å². The van der Waals surface area contributed by atoms with Crippen LogP contribution in [0.2, 0.25) is 0 Å². The number of carbonyl (C=O) groups excluding carboxylic acids is 1. The van der Waals surface area contributed by atoms with E-state index in [1.165, 1.54) is 12.8 Å². The zero-order valence-electron chi connectivity index (χ0n) is 28.1. The first-order valence-electron chi connectivity index (χ1n) is 17.0. The van der Waals surface area contributed by atoms with E-state index in [-0.39, 0.29) is 59.0 Å². The molecule has 5 unspecified atom stereocenters. The van der Waals surface area contributed by atoms with Crippen molar-refractivity contribution in [3.05, 3.63) is 0 Å². The van der Waals surface area contributed by atoms with Gasteiger partial charge in [0, 0.05) is 6.61 Å². The second kappa shape index (κ2) is 10.5. The number of esters is 1. The molecule has 5 aliphatic rings. The van der Waals surface area contributed by atoms with Gasteiger partial charge >= 0.3 is 11.9 Å². The van der Waals surface area contributed by atoms with E-state index in [9.17, 15) is 19.8 Å². The Kier molecular flexibility index (Phi) is 8.03. The average Bonchev–Trinajstić information content (AvgIpc) is 3.30. The molecule has 6 heteroatoms. The standard InChI is InChI=1S/C36H60O6/c1-22(20-37)23-12-17-36(29(38)39)19-18-34(8)24(28(23)36)10-11-26-33(7)15-14-27(41-21-42-30(40)31(2,3)4)32(5,6)25(33)13-16-35(26,34)9/h22-28,37H,10-21H2,1-9H3,(H,38,39)/t22?,23-,24?,25?,26?,27-,28?,33-,34+,35+,36-/m0/s1. The predicted octanol–water partition coefficient (Wildman–Crippen LogP) is 7.71. The number of aliphatic hydroxyl groups is 1. The summed E-state index contributed by atoms with van der Waals surface area (Å²) in [5.74, 6) is 1.31. The van der Waals surface area contributed by atoms with Crippen LogP contribution in [0.15, 0.2) is 0 Å². The number of aliphatic carboxylic acids is 1. The molecule has 0 amide bonds. The zero-order chi connectivity index (χ0) is 31.1. The summed E-state index contributed by atoms with van der Waals surface area (Å²) >= 11 is 0. The quantitative estimate of drug-likeness (QED) is 0.244. The number of fused-ring (bicyclic) bond motifs is 7. The van der Waals surface area contributed by atoms with E-state index >= 15 is 0 Å². The molecule has 11 atom stereocenters. The minimum atomic E-state index is -0.615. The monoisotopic (exact) mass is 588 g/mol. The van der Waals surface area contributed by atoms with Crippen molar-refractivity contribution >= 4 is 11.9 Å². The van der Waals surface area contributed by atoms with Crippen molar-refractivity contribution in [3.8, 4) is 0 Å². The fraction of sp³-hybridized carbons (Fsp3) is 0.944. The van der Waals surface area contributed by atoms with Crippen molar-refractivity contribution in [2.45, 2.75) is 133 Å². The Hall–Kier alpha value is -1.14. The molecule has 240 valence electrons. The molecule has 5 rings (SSSR count). The smallest absolute Gasteiger partial charge is 0.313 e. The van der Waals surface area contributed by atoms with Gasteiger partial charge in [0.2, 0.25) is 0 Å².